The predicted molar refractivity (Wildman–Crippen MR) is 54.9 cm³/mol. The number of nitrogen functional groups attached to an aromatic ring is 1. The third kappa shape index (κ3) is 1.83. The van der Waals surface area contributed by atoms with E-state index in [2.05, 4.69) is 20.7 Å². The summed E-state index contributed by atoms with van der Waals surface area (Å²) in [7, 11) is 1.18. The summed E-state index contributed by atoms with van der Waals surface area (Å²) in [4.78, 5) is 11.1. The van der Waals surface area contributed by atoms with Crippen LogP contribution < -0.4 is 5.73 Å². The van der Waals surface area contributed by atoms with E-state index in [-0.39, 0.29) is 20.7 Å². The van der Waals surface area contributed by atoms with Crippen molar-refractivity contribution in [1.82, 2.24) is 0 Å². The highest BCUT2D eigenvalue weighted by atomic mass is 79.9. The lowest BCUT2D eigenvalue weighted by atomic mass is 10.2. The maximum absolute atomic E-state index is 13.1. The number of benzene rings is 1. The molecule has 0 bridgehead atoms. The molecule has 0 aromatic heterocycles. The van der Waals surface area contributed by atoms with Crippen LogP contribution in [0.1, 0.15) is 10.4 Å². The summed E-state index contributed by atoms with van der Waals surface area (Å²) >= 11 is 8.57. The Kier molecular flexibility index (Phi) is 3.34. The molecule has 2 N–H and O–H groups in total. The van der Waals surface area contributed by atoms with Crippen molar-refractivity contribution in [3.8, 4) is 0 Å². The lowest BCUT2D eigenvalue weighted by molar-refractivity contribution is 0.0601. The Balaban J connectivity index is 3.40. The Bertz CT molecular complexity index is 397. The molecule has 0 aliphatic carbocycles. The maximum atomic E-state index is 13.1. The molecule has 6 heteroatoms. The number of halogens is 3. The zero-order valence-electron chi connectivity index (χ0n) is 7.11. The molecule has 3 nitrogen and oxygen atoms in total. The molecule has 0 fully saturated rings. The van der Waals surface area contributed by atoms with E-state index in [0.29, 0.717) is 0 Å². The normalized spacial score (nSPS) is 10.0. The van der Waals surface area contributed by atoms with Crippen molar-refractivity contribution in [2.24, 2.45) is 0 Å². The van der Waals surface area contributed by atoms with Crippen molar-refractivity contribution in [2.45, 2.75) is 0 Å². The van der Waals surface area contributed by atoms with E-state index in [1.807, 2.05) is 0 Å². The lowest BCUT2D eigenvalue weighted by Crippen LogP contribution is -2.07. The van der Waals surface area contributed by atoms with Gasteiger partial charge in [-0.15, -0.1) is 0 Å². The van der Waals surface area contributed by atoms with Crippen LogP contribution >= 0.6 is 27.5 Å². The second kappa shape index (κ2) is 4.14. The van der Waals surface area contributed by atoms with E-state index in [9.17, 15) is 9.18 Å². The van der Waals surface area contributed by atoms with Crippen LogP contribution in [0.2, 0.25) is 5.02 Å². The van der Waals surface area contributed by atoms with Crippen molar-refractivity contribution < 1.29 is 13.9 Å². The zero-order chi connectivity index (χ0) is 10.9. The molecule has 1 aromatic rings. The van der Waals surface area contributed by atoms with Gasteiger partial charge in [-0.25, -0.2) is 9.18 Å². The van der Waals surface area contributed by atoms with Gasteiger partial charge in [-0.3, -0.25) is 0 Å². The van der Waals surface area contributed by atoms with Crippen molar-refractivity contribution in [3.05, 3.63) is 26.9 Å². The van der Waals surface area contributed by atoms with Crippen LogP contribution in [-0.4, -0.2) is 13.1 Å². The molecule has 0 unspecified atom stereocenters. The third-order valence-electron chi connectivity index (χ3n) is 1.61. The molecule has 76 valence electrons. The molecule has 0 aliphatic heterocycles. The van der Waals surface area contributed by atoms with Gasteiger partial charge in [-0.05, 0) is 22.0 Å². The fourth-order valence-electron chi connectivity index (χ4n) is 0.888. The molecule has 0 radical (unpaired) electrons. The topological polar surface area (TPSA) is 52.3 Å². The van der Waals surface area contributed by atoms with Crippen LogP contribution in [0.5, 0.6) is 0 Å². The molecule has 0 heterocycles. The minimum Gasteiger partial charge on any atom is -0.465 e. The first kappa shape index (κ1) is 11.3. The fraction of sp³-hybridized carbons (Fsp3) is 0.125. The second-order valence-electron chi connectivity index (χ2n) is 2.44. The maximum Gasteiger partial charge on any atom is 0.340 e. The smallest absolute Gasteiger partial charge is 0.340 e. The number of ether oxygens (including phenoxy) is 1. The standard InChI is InChI=1S/C8H6BrClFNO2/c1-14-8(13)3-2-4(11)5(9)6(10)7(3)12/h2H,12H2,1H3. The first-order valence-electron chi connectivity index (χ1n) is 3.50. The molecule has 0 atom stereocenters. The van der Waals surface area contributed by atoms with Gasteiger partial charge in [0.25, 0.3) is 0 Å². The van der Waals surface area contributed by atoms with Crippen molar-refractivity contribution >= 4 is 39.2 Å². The van der Waals surface area contributed by atoms with Gasteiger partial charge >= 0.3 is 5.97 Å². The van der Waals surface area contributed by atoms with Crippen LogP contribution in [0.25, 0.3) is 0 Å². The Morgan fingerprint density at radius 1 is 1.71 bits per heavy atom. The number of carbonyl (C=O) groups is 1. The van der Waals surface area contributed by atoms with Gasteiger partial charge in [-0.2, -0.15) is 0 Å². The summed E-state index contributed by atoms with van der Waals surface area (Å²) < 4.78 is 17.6. The Hall–Kier alpha value is -0.810. The van der Waals surface area contributed by atoms with Gasteiger partial charge in [0.1, 0.15) is 5.82 Å². The van der Waals surface area contributed by atoms with Crippen LogP contribution in [0.15, 0.2) is 10.5 Å². The molecular formula is C8H6BrClFNO2. The summed E-state index contributed by atoms with van der Waals surface area (Å²) in [5.74, 6) is -1.39. The van der Waals surface area contributed by atoms with Crippen molar-refractivity contribution in [2.75, 3.05) is 12.8 Å². The lowest BCUT2D eigenvalue weighted by Gasteiger charge is -2.07. The molecule has 0 saturated heterocycles. The molecular weight excluding hydrogens is 276 g/mol. The van der Waals surface area contributed by atoms with Gasteiger partial charge in [0.2, 0.25) is 0 Å². The summed E-state index contributed by atoms with van der Waals surface area (Å²) in [6.45, 7) is 0. The Labute approximate surface area is 93.1 Å². The summed E-state index contributed by atoms with van der Waals surface area (Å²) in [6, 6.07) is 0.969. The largest absolute Gasteiger partial charge is 0.465 e. The minimum absolute atomic E-state index is 0.00760. The van der Waals surface area contributed by atoms with E-state index < -0.39 is 11.8 Å². The van der Waals surface area contributed by atoms with Gasteiger partial charge in [0.05, 0.1) is 27.9 Å². The van der Waals surface area contributed by atoms with Crippen molar-refractivity contribution in [3.63, 3.8) is 0 Å². The number of carbonyl (C=O) groups excluding carboxylic acids is 1. The quantitative estimate of drug-likeness (QED) is 0.489. The van der Waals surface area contributed by atoms with Gasteiger partial charge in [-0.1, -0.05) is 11.6 Å². The number of anilines is 1. The van der Waals surface area contributed by atoms with Crippen LogP contribution in [0.4, 0.5) is 10.1 Å². The van der Waals surface area contributed by atoms with E-state index in [1.165, 1.54) is 7.11 Å². The first-order chi connectivity index (χ1) is 6.49. The Morgan fingerprint density at radius 3 is 2.79 bits per heavy atom. The van der Waals surface area contributed by atoms with E-state index in [4.69, 9.17) is 17.3 Å². The summed E-state index contributed by atoms with van der Waals surface area (Å²) in [6.07, 6.45) is 0. The molecule has 1 aromatic carbocycles. The van der Waals surface area contributed by atoms with E-state index in [0.717, 1.165) is 6.07 Å². The fourth-order valence-corrected chi connectivity index (χ4v) is 1.41. The number of esters is 1. The molecule has 0 spiro atoms. The predicted octanol–water partition coefficient (Wildman–Crippen LogP) is 2.61. The summed E-state index contributed by atoms with van der Waals surface area (Å²) in [5.41, 5.74) is 5.41. The SMILES string of the molecule is COC(=O)c1cc(F)c(Br)c(Cl)c1N. The molecule has 14 heavy (non-hydrogen) atoms. The third-order valence-corrected chi connectivity index (χ3v) is 3.00. The second-order valence-corrected chi connectivity index (χ2v) is 3.61. The molecule has 0 aliphatic rings. The minimum atomic E-state index is -0.726. The van der Waals surface area contributed by atoms with Crippen LogP contribution in [-0.2, 0) is 4.74 Å². The average molecular weight is 282 g/mol. The highest BCUT2D eigenvalue weighted by Gasteiger charge is 2.18. The molecule has 0 amide bonds. The monoisotopic (exact) mass is 281 g/mol. The van der Waals surface area contributed by atoms with Crippen LogP contribution in [0.3, 0.4) is 0 Å². The Morgan fingerprint density at radius 2 is 2.29 bits per heavy atom. The molecule has 0 saturated carbocycles. The van der Waals surface area contributed by atoms with Gasteiger partial charge in [0, 0.05) is 0 Å². The number of hydrogen-bond donors (Lipinski definition) is 1. The number of nitrogens with two attached hydrogens (primary N) is 1. The summed E-state index contributed by atoms with van der Waals surface area (Å²) in [5, 5.41) is -0.0367. The van der Waals surface area contributed by atoms with E-state index in [1.54, 1.807) is 0 Å². The van der Waals surface area contributed by atoms with Gasteiger partial charge in [0.15, 0.2) is 0 Å². The van der Waals surface area contributed by atoms with Crippen molar-refractivity contribution in [1.29, 1.82) is 0 Å². The number of rotatable bonds is 1. The highest BCUT2D eigenvalue weighted by molar-refractivity contribution is 9.10. The van der Waals surface area contributed by atoms with Crippen LogP contribution in [0, 0.1) is 5.82 Å². The zero-order valence-corrected chi connectivity index (χ0v) is 9.45. The first-order valence-corrected chi connectivity index (χ1v) is 4.67. The average Bonchev–Trinajstić information content (AvgIpc) is 2.19. The number of hydrogen-bond acceptors (Lipinski definition) is 3. The highest BCUT2D eigenvalue weighted by Crippen LogP contribution is 2.33. The number of methoxy groups -OCH3 is 1. The van der Waals surface area contributed by atoms with Gasteiger partial charge < -0.3 is 10.5 Å². The van der Waals surface area contributed by atoms with E-state index >= 15 is 0 Å². The molecule has 1 rings (SSSR count).